The predicted octanol–water partition coefficient (Wildman–Crippen LogP) is 3.27. The van der Waals surface area contributed by atoms with Gasteiger partial charge in [0.2, 0.25) is 0 Å². The van der Waals surface area contributed by atoms with E-state index >= 15 is 0 Å². The van der Waals surface area contributed by atoms with Crippen LogP contribution in [-0.2, 0) is 9.47 Å². The Bertz CT molecular complexity index is 354. The zero-order valence-corrected chi connectivity index (χ0v) is 12.0. The molecule has 0 amide bonds. The summed E-state index contributed by atoms with van der Waals surface area (Å²) in [7, 11) is 0. The fraction of sp³-hybridized carbons (Fsp3) is 0.600. The quantitative estimate of drug-likeness (QED) is 0.698. The lowest BCUT2D eigenvalue weighted by atomic mass is 10.1. The van der Waals surface area contributed by atoms with E-state index in [9.17, 15) is 4.39 Å². The lowest BCUT2D eigenvalue weighted by Gasteiger charge is -2.19. The number of ether oxygens (including phenoxy) is 2. The molecule has 0 saturated carbocycles. The Kier molecular flexibility index (Phi) is 7.63. The largest absolute Gasteiger partial charge is 0.353 e. The zero-order chi connectivity index (χ0) is 14.1. The van der Waals surface area contributed by atoms with Crippen molar-refractivity contribution >= 4 is 0 Å². The Morgan fingerprint density at radius 2 is 1.89 bits per heavy atom. The molecule has 4 heteroatoms. The van der Waals surface area contributed by atoms with Gasteiger partial charge >= 0.3 is 0 Å². The van der Waals surface area contributed by atoms with Gasteiger partial charge in [-0.25, -0.2) is 4.39 Å². The standard InChI is InChI=1S/C15H24FNO2/c1-4-18-15(19-5-2)9-10-17-12(3)13-7-6-8-14(16)11-13/h6-8,11-12,15,17H,4-5,9-10H2,1-3H3/t12-/m0/s1. The van der Waals surface area contributed by atoms with E-state index in [1.807, 2.05) is 26.8 Å². The van der Waals surface area contributed by atoms with Gasteiger partial charge in [0.25, 0.3) is 0 Å². The van der Waals surface area contributed by atoms with Gasteiger partial charge in [0, 0.05) is 32.2 Å². The molecule has 0 radical (unpaired) electrons. The van der Waals surface area contributed by atoms with Crippen LogP contribution < -0.4 is 5.32 Å². The van der Waals surface area contributed by atoms with Crippen LogP contribution >= 0.6 is 0 Å². The summed E-state index contributed by atoms with van der Waals surface area (Å²) in [6.45, 7) is 7.98. The Labute approximate surface area is 115 Å². The van der Waals surface area contributed by atoms with Crippen LogP contribution in [0.4, 0.5) is 4.39 Å². The monoisotopic (exact) mass is 269 g/mol. The maximum absolute atomic E-state index is 13.1. The minimum absolute atomic E-state index is 0.111. The van der Waals surface area contributed by atoms with Gasteiger partial charge in [-0.1, -0.05) is 12.1 Å². The molecule has 0 unspecified atom stereocenters. The summed E-state index contributed by atoms with van der Waals surface area (Å²) >= 11 is 0. The minimum atomic E-state index is -0.201. The van der Waals surface area contributed by atoms with E-state index in [1.165, 1.54) is 6.07 Å². The zero-order valence-electron chi connectivity index (χ0n) is 12.0. The van der Waals surface area contributed by atoms with Crippen molar-refractivity contribution in [2.45, 2.75) is 39.5 Å². The molecule has 3 nitrogen and oxygen atoms in total. The van der Waals surface area contributed by atoms with Gasteiger partial charge in [0.1, 0.15) is 5.82 Å². The fourth-order valence-corrected chi connectivity index (χ4v) is 1.90. The third kappa shape index (κ3) is 6.14. The van der Waals surface area contributed by atoms with Gasteiger partial charge in [-0.05, 0) is 38.5 Å². The Hall–Kier alpha value is -0.970. The minimum Gasteiger partial charge on any atom is -0.353 e. The Morgan fingerprint density at radius 1 is 1.21 bits per heavy atom. The Balaban J connectivity index is 2.35. The van der Waals surface area contributed by atoms with Crippen molar-refractivity contribution in [3.8, 4) is 0 Å². The van der Waals surface area contributed by atoms with Crippen molar-refractivity contribution in [3.63, 3.8) is 0 Å². The van der Waals surface area contributed by atoms with E-state index in [2.05, 4.69) is 5.32 Å². The second-order valence-corrected chi connectivity index (χ2v) is 4.36. The molecule has 0 aromatic heterocycles. The molecular formula is C15H24FNO2. The molecule has 1 N–H and O–H groups in total. The van der Waals surface area contributed by atoms with Crippen molar-refractivity contribution in [1.29, 1.82) is 0 Å². The van der Waals surface area contributed by atoms with Gasteiger partial charge in [-0.2, -0.15) is 0 Å². The first-order valence-electron chi connectivity index (χ1n) is 6.89. The average molecular weight is 269 g/mol. The number of hydrogen-bond donors (Lipinski definition) is 1. The molecule has 0 aliphatic carbocycles. The molecular weight excluding hydrogens is 245 g/mol. The highest BCUT2D eigenvalue weighted by Gasteiger charge is 2.10. The van der Waals surface area contributed by atoms with E-state index in [4.69, 9.17) is 9.47 Å². The van der Waals surface area contributed by atoms with E-state index < -0.39 is 0 Å². The predicted molar refractivity (Wildman–Crippen MR) is 74.5 cm³/mol. The van der Waals surface area contributed by atoms with Crippen LogP contribution in [0.5, 0.6) is 0 Å². The molecule has 0 heterocycles. The van der Waals surface area contributed by atoms with Gasteiger partial charge < -0.3 is 14.8 Å². The summed E-state index contributed by atoms with van der Waals surface area (Å²) in [6, 6.07) is 6.77. The summed E-state index contributed by atoms with van der Waals surface area (Å²) in [5, 5.41) is 3.35. The Morgan fingerprint density at radius 3 is 2.47 bits per heavy atom. The van der Waals surface area contributed by atoms with Crippen LogP contribution in [0.1, 0.15) is 38.8 Å². The summed E-state index contributed by atoms with van der Waals surface area (Å²) < 4.78 is 24.0. The number of rotatable bonds is 9. The van der Waals surface area contributed by atoms with Crippen molar-refractivity contribution in [3.05, 3.63) is 35.6 Å². The van der Waals surface area contributed by atoms with Crippen molar-refractivity contribution < 1.29 is 13.9 Å². The fourth-order valence-electron chi connectivity index (χ4n) is 1.90. The van der Waals surface area contributed by atoms with Crippen LogP contribution in [0, 0.1) is 5.82 Å². The smallest absolute Gasteiger partial charge is 0.158 e. The van der Waals surface area contributed by atoms with E-state index in [-0.39, 0.29) is 18.1 Å². The first-order chi connectivity index (χ1) is 9.17. The number of hydrogen-bond acceptors (Lipinski definition) is 3. The first kappa shape index (κ1) is 16.1. The van der Waals surface area contributed by atoms with Gasteiger partial charge in [0.15, 0.2) is 6.29 Å². The molecule has 0 aliphatic rings. The summed E-state index contributed by atoms with van der Waals surface area (Å²) in [5.74, 6) is -0.201. The number of nitrogens with one attached hydrogen (secondary N) is 1. The molecule has 0 fully saturated rings. The molecule has 108 valence electrons. The molecule has 19 heavy (non-hydrogen) atoms. The maximum atomic E-state index is 13.1. The molecule has 0 spiro atoms. The van der Waals surface area contributed by atoms with Crippen LogP contribution in [0.3, 0.4) is 0 Å². The highest BCUT2D eigenvalue weighted by Crippen LogP contribution is 2.13. The highest BCUT2D eigenvalue weighted by molar-refractivity contribution is 5.19. The second-order valence-electron chi connectivity index (χ2n) is 4.36. The third-order valence-electron chi connectivity index (χ3n) is 2.88. The molecule has 1 aromatic carbocycles. The first-order valence-corrected chi connectivity index (χ1v) is 6.89. The van der Waals surface area contributed by atoms with Crippen LogP contribution in [0.2, 0.25) is 0 Å². The van der Waals surface area contributed by atoms with E-state index in [0.29, 0.717) is 13.2 Å². The normalized spacial score (nSPS) is 12.9. The van der Waals surface area contributed by atoms with E-state index in [0.717, 1.165) is 18.5 Å². The topological polar surface area (TPSA) is 30.5 Å². The molecule has 1 aromatic rings. The van der Waals surface area contributed by atoms with E-state index in [1.54, 1.807) is 12.1 Å². The van der Waals surface area contributed by atoms with Crippen molar-refractivity contribution in [2.75, 3.05) is 19.8 Å². The third-order valence-corrected chi connectivity index (χ3v) is 2.88. The summed E-state index contributed by atoms with van der Waals surface area (Å²) in [5.41, 5.74) is 0.948. The van der Waals surface area contributed by atoms with Crippen LogP contribution in [0.25, 0.3) is 0 Å². The lowest BCUT2D eigenvalue weighted by Crippen LogP contribution is -2.26. The van der Waals surface area contributed by atoms with Crippen LogP contribution in [-0.4, -0.2) is 26.0 Å². The molecule has 0 bridgehead atoms. The van der Waals surface area contributed by atoms with Gasteiger partial charge in [-0.15, -0.1) is 0 Å². The van der Waals surface area contributed by atoms with Gasteiger partial charge in [-0.3, -0.25) is 0 Å². The lowest BCUT2D eigenvalue weighted by molar-refractivity contribution is -0.138. The SMILES string of the molecule is CCOC(CCN[C@@H](C)c1cccc(F)c1)OCC. The highest BCUT2D eigenvalue weighted by atomic mass is 19.1. The molecule has 1 rings (SSSR count). The summed E-state index contributed by atoms with van der Waals surface area (Å²) in [4.78, 5) is 0. The van der Waals surface area contributed by atoms with Crippen molar-refractivity contribution in [2.24, 2.45) is 0 Å². The second kappa shape index (κ2) is 9.02. The summed E-state index contributed by atoms with van der Waals surface area (Å²) in [6.07, 6.45) is 0.614. The maximum Gasteiger partial charge on any atom is 0.158 e. The van der Waals surface area contributed by atoms with Gasteiger partial charge in [0.05, 0.1) is 0 Å². The van der Waals surface area contributed by atoms with Crippen LogP contribution in [0.15, 0.2) is 24.3 Å². The number of benzene rings is 1. The molecule has 1 atom stereocenters. The molecule has 0 saturated heterocycles. The molecule has 0 aliphatic heterocycles. The average Bonchev–Trinajstić information content (AvgIpc) is 2.39. The number of halogens is 1. The van der Waals surface area contributed by atoms with Crippen molar-refractivity contribution in [1.82, 2.24) is 5.32 Å².